The molecule has 0 atom stereocenters. The molecule has 0 aliphatic carbocycles. The lowest BCUT2D eigenvalue weighted by atomic mass is 10.1. The first-order valence-electron chi connectivity index (χ1n) is 7.00. The normalized spacial score (nSPS) is 15.4. The van der Waals surface area contributed by atoms with Crippen LogP contribution in [0.4, 0.5) is 5.69 Å². The molecule has 0 aromatic heterocycles. The molecule has 1 N–H and O–H groups in total. The van der Waals surface area contributed by atoms with E-state index in [1.165, 1.54) is 12.0 Å². The third-order valence-electron chi connectivity index (χ3n) is 3.59. The predicted molar refractivity (Wildman–Crippen MR) is 82.4 cm³/mol. The van der Waals surface area contributed by atoms with Crippen molar-refractivity contribution in [2.24, 2.45) is 0 Å². The summed E-state index contributed by atoms with van der Waals surface area (Å²) < 4.78 is 1.08. The minimum atomic E-state index is 0.213. The van der Waals surface area contributed by atoms with Crippen molar-refractivity contribution >= 4 is 27.5 Å². The van der Waals surface area contributed by atoms with Crippen LogP contribution in [-0.2, 0) is 11.2 Å². The van der Waals surface area contributed by atoms with Gasteiger partial charge in [0, 0.05) is 23.2 Å². The van der Waals surface area contributed by atoms with Crippen molar-refractivity contribution < 1.29 is 4.79 Å². The van der Waals surface area contributed by atoms with Crippen molar-refractivity contribution in [2.45, 2.75) is 32.6 Å². The lowest BCUT2D eigenvalue weighted by molar-refractivity contribution is -0.130. The molecule has 4 heteroatoms. The van der Waals surface area contributed by atoms with E-state index in [1.54, 1.807) is 0 Å². The van der Waals surface area contributed by atoms with Gasteiger partial charge < -0.3 is 10.2 Å². The average Bonchev–Trinajstić information content (AvgIpc) is 2.46. The first-order valence-corrected chi connectivity index (χ1v) is 7.80. The molecular formula is C15H21BrN2O. The number of aryl methyl sites for hydroxylation is 1. The Hall–Kier alpha value is -1.03. The van der Waals surface area contributed by atoms with Gasteiger partial charge in [-0.15, -0.1) is 0 Å². The molecule has 1 heterocycles. The zero-order valence-corrected chi connectivity index (χ0v) is 13.0. The van der Waals surface area contributed by atoms with Crippen molar-refractivity contribution in [1.29, 1.82) is 0 Å². The number of rotatable bonds is 4. The highest BCUT2D eigenvalue weighted by Gasteiger charge is 2.16. The number of likely N-dealkylation sites (tertiary alicyclic amines) is 1. The highest BCUT2D eigenvalue weighted by Crippen LogP contribution is 2.21. The lowest BCUT2D eigenvalue weighted by Crippen LogP contribution is -2.39. The molecule has 19 heavy (non-hydrogen) atoms. The van der Waals surface area contributed by atoms with Crippen LogP contribution in [0, 0.1) is 0 Å². The first-order chi connectivity index (χ1) is 9.20. The second kappa shape index (κ2) is 6.94. The second-order valence-corrected chi connectivity index (χ2v) is 5.87. The summed E-state index contributed by atoms with van der Waals surface area (Å²) in [5.41, 5.74) is 2.30. The highest BCUT2D eigenvalue weighted by molar-refractivity contribution is 9.10. The molecule has 1 amide bonds. The van der Waals surface area contributed by atoms with E-state index in [4.69, 9.17) is 0 Å². The van der Waals surface area contributed by atoms with Crippen molar-refractivity contribution in [3.63, 3.8) is 0 Å². The largest absolute Gasteiger partial charge is 0.376 e. The van der Waals surface area contributed by atoms with Crippen molar-refractivity contribution in [1.82, 2.24) is 4.90 Å². The van der Waals surface area contributed by atoms with Crippen LogP contribution in [0.1, 0.15) is 31.7 Å². The predicted octanol–water partition coefficient (Wildman–Crippen LogP) is 3.44. The van der Waals surface area contributed by atoms with E-state index in [0.717, 1.165) is 42.5 Å². The topological polar surface area (TPSA) is 32.3 Å². The van der Waals surface area contributed by atoms with Crippen molar-refractivity contribution in [3.05, 3.63) is 28.2 Å². The number of benzene rings is 1. The Bertz CT molecular complexity index is 442. The number of halogens is 1. The number of hydrogen-bond donors (Lipinski definition) is 1. The van der Waals surface area contributed by atoms with E-state index in [-0.39, 0.29) is 5.91 Å². The Kier molecular flexibility index (Phi) is 5.25. The fourth-order valence-electron chi connectivity index (χ4n) is 2.45. The molecule has 0 spiro atoms. The molecule has 0 bridgehead atoms. The quantitative estimate of drug-likeness (QED) is 0.920. The molecule has 0 radical (unpaired) electrons. The molecule has 1 saturated heterocycles. The maximum absolute atomic E-state index is 12.1. The zero-order valence-electron chi connectivity index (χ0n) is 11.4. The minimum Gasteiger partial charge on any atom is -0.376 e. The first kappa shape index (κ1) is 14.4. The van der Waals surface area contributed by atoms with Crippen LogP contribution in [0.2, 0.25) is 0 Å². The summed E-state index contributed by atoms with van der Waals surface area (Å²) >= 11 is 3.48. The van der Waals surface area contributed by atoms with E-state index >= 15 is 0 Å². The molecule has 2 rings (SSSR count). The number of hydrogen-bond acceptors (Lipinski definition) is 2. The standard InChI is InChI=1S/C15H21BrN2O/c1-2-12-10-13(16)6-7-14(12)17-11-15(19)18-8-4-3-5-9-18/h6-7,10,17H,2-5,8-9,11H2,1H3. The molecule has 1 aliphatic rings. The molecule has 1 aliphatic heterocycles. The van der Waals surface area contributed by atoms with Gasteiger partial charge in [0.1, 0.15) is 0 Å². The van der Waals surface area contributed by atoms with Crippen LogP contribution in [0.3, 0.4) is 0 Å². The Balaban J connectivity index is 1.92. The van der Waals surface area contributed by atoms with Crippen LogP contribution in [-0.4, -0.2) is 30.4 Å². The molecule has 104 valence electrons. The molecule has 1 aromatic carbocycles. The third kappa shape index (κ3) is 3.96. The van der Waals surface area contributed by atoms with Gasteiger partial charge in [0.2, 0.25) is 5.91 Å². The smallest absolute Gasteiger partial charge is 0.241 e. The van der Waals surface area contributed by atoms with Crippen LogP contribution in [0.25, 0.3) is 0 Å². The monoisotopic (exact) mass is 324 g/mol. The number of nitrogens with one attached hydrogen (secondary N) is 1. The summed E-state index contributed by atoms with van der Waals surface area (Å²) in [7, 11) is 0. The van der Waals surface area contributed by atoms with E-state index in [2.05, 4.69) is 34.2 Å². The zero-order chi connectivity index (χ0) is 13.7. The number of amides is 1. The van der Waals surface area contributed by atoms with Gasteiger partial charge in [0.05, 0.1) is 6.54 Å². The summed E-state index contributed by atoms with van der Waals surface area (Å²) in [6.45, 7) is 4.36. The maximum atomic E-state index is 12.1. The summed E-state index contributed by atoms with van der Waals surface area (Å²) in [5, 5.41) is 3.28. The number of piperidine rings is 1. The number of carbonyl (C=O) groups excluding carboxylic acids is 1. The minimum absolute atomic E-state index is 0.213. The van der Waals surface area contributed by atoms with Crippen LogP contribution < -0.4 is 5.32 Å². The van der Waals surface area contributed by atoms with Crippen LogP contribution in [0.5, 0.6) is 0 Å². The van der Waals surface area contributed by atoms with Gasteiger partial charge in [0.25, 0.3) is 0 Å². The van der Waals surface area contributed by atoms with Crippen LogP contribution >= 0.6 is 15.9 Å². The molecule has 3 nitrogen and oxygen atoms in total. The summed E-state index contributed by atoms with van der Waals surface area (Å²) in [4.78, 5) is 14.1. The Labute approximate surface area is 123 Å². The second-order valence-electron chi connectivity index (χ2n) is 4.95. The Morgan fingerprint density at radius 1 is 1.32 bits per heavy atom. The van der Waals surface area contributed by atoms with Gasteiger partial charge in [-0.2, -0.15) is 0 Å². The molecule has 0 unspecified atom stereocenters. The Morgan fingerprint density at radius 3 is 2.74 bits per heavy atom. The van der Waals surface area contributed by atoms with E-state index in [9.17, 15) is 4.79 Å². The summed E-state index contributed by atoms with van der Waals surface area (Å²) in [5.74, 6) is 0.213. The SMILES string of the molecule is CCc1cc(Br)ccc1NCC(=O)N1CCCCC1. The van der Waals surface area contributed by atoms with E-state index < -0.39 is 0 Å². The van der Waals surface area contributed by atoms with Crippen molar-refractivity contribution in [3.8, 4) is 0 Å². The van der Waals surface area contributed by atoms with Gasteiger partial charge in [-0.3, -0.25) is 4.79 Å². The summed E-state index contributed by atoms with van der Waals surface area (Å²) in [6.07, 6.45) is 4.50. The maximum Gasteiger partial charge on any atom is 0.241 e. The number of nitrogens with zero attached hydrogens (tertiary/aromatic N) is 1. The van der Waals surface area contributed by atoms with Gasteiger partial charge in [-0.1, -0.05) is 22.9 Å². The van der Waals surface area contributed by atoms with E-state index in [1.807, 2.05) is 17.0 Å². The summed E-state index contributed by atoms with van der Waals surface area (Å²) in [6, 6.07) is 6.15. The highest BCUT2D eigenvalue weighted by atomic mass is 79.9. The lowest BCUT2D eigenvalue weighted by Gasteiger charge is -2.27. The van der Waals surface area contributed by atoms with Gasteiger partial charge in [-0.05, 0) is 49.4 Å². The fourth-order valence-corrected chi connectivity index (χ4v) is 2.86. The number of anilines is 1. The Morgan fingerprint density at radius 2 is 2.05 bits per heavy atom. The number of carbonyl (C=O) groups is 1. The van der Waals surface area contributed by atoms with Gasteiger partial charge >= 0.3 is 0 Å². The molecule has 1 fully saturated rings. The third-order valence-corrected chi connectivity index (χ3v) is 4.08. The molecule has 0 saturated carbocycles. The average molecular weight is 325 g/mol. The molecule has 1 aromatic rings. The fraction of sp³-hybridized carbons (Fsp3) is 0.533. The van der Waals surface area contributed by atoms with E-state index in [0.29, 0.717) is 6.54 Å². The van der Waals surface area contributed by atoms with Gasteiger partial charge in [0.15, 0.2) is 0 Å². The molecular weight excluding hydrogens is 304 g/mol. The van der Waals surface area contributed by atoms with Crippen LogP contribution in [0.15, 0.2) is 22.7 Å². The van der Waals surface area contributed by atoms with Gasteiger partial charge in [-0.25, -0.2) is 0 Å². The van der Waals surface area contributed by atoms with Crippen molar-refractivity contribution in [2.75, 3.05) is 25.0 Å².